The van der Waals surface area contributed by atoms with Gasteiger partial charge in [0, 0.05) is 18.2 Å². The van der Waals surface area contributed by atoms with Crippen molar-refractivity contribution in [3.63, 3.8) is 0 Å². The number of likely N-dealkylation sites (tertiary alicyclic amines) is 1. The van der Waals surface area contributed by atoms with E-state index in [0.29, 0.717) is 48.0 Å². The highest BCUT2D eigenvalue weighted by Crippen LogP contribution is 2.38. The molecule has 0 aromatic heterocycles. The highest BCUT2D eigenvalue weighted by Gasteiger charge is 2.25. The largest absolute Gasteiger partial charge is 0.486 e. The van der Waals surface area contributed by atoms with Gasteiger partial charge in [0.15, 0.2) is 11.5 Å². The summed E-state index contributed by atoms with van der Waals surface area (Å²) in [5.74, 6) is 1.18. The summed E-state index contributed by atoms with van der Waals surface area (Å²) in [5, 5.41) is 3.40. The second kappa shape index (κ2) is 8.84. The van der Waals surface area contributed by atoms with Crippen molar-refractivity contribution in [3.8, 4) is 11.5 Å². The van der Waals surface area contributed by atoms with Gasteiger partial charge in [-0.15, -0.1) is 0 Å². The van der Waals surface area contributed by atoms with Crippen LogP contribution in [0.5, 0.6) is 11.5 Å². The maximum atomic E-state index is 12.7. The standard InChI is InChI=1S/C22H25ClN2O3/c23-18-13-20-21(28-11-10-27-20)14-19(18)24-22(26)15-25-9-5-4-8-17(25)12-16-6-2-1-3-7-16/h1-3,6-7,13-14,17H,4-5,8-12,15H2,(H,24,26). The fourth-order valence-electron chi connectivity index (χ4n) is 3.92. The number of benzene rings is 2. The third kappa shape index (κ3) is 4.59. The first-order valence-electron chi connectivity index (χ1n) is 9.86. The molecule has 2 heterocycles. The first-order chi connectivity index (χ1) is 13.7. The Morgan fingerprint density at radius 1 is 1.11 bits per heavy atom. The van der Waals surface area contributed by atoms with E-state index in [-0.39, 0.29) is 5.91 Å². The number of amides is 1. The molecule has 0 radical (unpaired) electrons. The van der Waals surface area contributed by atoms with E-state index in [0.717, 1.165) is 25.8 Å². The number of piperidine rings is 1. The summed E-state index contributed by atoms with van der Waals surface area (Å²) in [6.45, 7) is 2.31. The Bertz CT molecular complexity index is 828. The van der Waals surface area contributed by atoms with Gasteiger partial charge in [-0.3, -0.25) is 9.69 Å². The molecule has 148 valence electrons. The van der Waals surface area contributed by atoms with Crippen molar-refractivity contribution in [1.29, 1.82) is 0 Å². The molecule has 5 nitrogen and oxygen atoms in total. The zero-order valence-corrected chi connectivity index (χ0v) is 16.6. The van der Waals surface area contributed by atoms with E-state index in [9.17, 15) is 4.79 Å². The van der Waals surface area contributed by atoms with Crippen LogP contribution in [0.25, 0.3) is 0 Å². The van der Waals surface area contributed by atoms with Gasteiger partial charge >= 0.3 is 0 Å². The van der Waals surface area contributed by atoms with Gasteiger partial charge in [0.05, 0.1) is 17.3 Å². The Kier molecular flexibility index (Phi) is 6.03. The van der Waals surface area contributed by atoms with Crippen molar-refractivity contribution in [3.05, 3.63) is 53.1 Å². The number of anilines is 1. The number of carbonyl (C=O) groups excluding carboxylic acids is 1. The molecule has 0 bridgehead atoms. The molecular formula is C22H25ClN2O3. The Labute approximate surface area is 170 Å². The third-order valence-electron chi connectivity index (χ3n) is 5.32. The second-order valence-electron chi connectivity index (χ2n) is 7.33. The van der Waals surface area contributed by atoms with Gasteiger partial charge in [0.1, 0.15) is 13.2 Å². The van der Waals surface area contributed by atoms with Crippen LogP contribution >= 0.6 is 11.6 Å². The number of hydrogen-bond acceptors (Lipinski definition) is 4. The molecule has 6 heteroatoms. The molecule has 2 aromatic rings. The molecule has 0 saturated carbocycles. The Morgan fingerprint density at radius 2 is 1.86 bits per heavy atom. The number of carbonyl (C=O) groups is 1. The number of halogens is 1. The normalized spacial score (nSPS) is 19.2. The van der Waals surface area contributed by atoms with Crippen LogP contribution in [0.1, 0.15) is 24.8 Å². The van der Waals surface area contributed by atoms with E-state index in [2.05, 4.69) is 34.5 Å². The summed E-state index contributed by atoms with van der Waals surface area (Å²) >= 11 is 6.32. The zero-order valence-electron chi connectivity index (χ0n) is 15.8. The summed E-state index contributed by atoms with van der Waals surface area (Å²) < 4.78 is 11.1. The first-order valence-corrected chi connectivity index (χ1v) is 10.2. The summed E-state index contributed by atoms with van der Waals surface area (Å²) in [7, 11) is 0. The number of fused-ring (bicyclic) bond motifs is 1. The lowest BCUT2D eigenvalue weighted by molar-refractivity contribution is -0.118. The summed E-state index contributed by atoms with van der Waals surface area (Å²) in [4.78, 5) is 15.0. The van der Waals surface area contributed by atoms with Crippen LogP contribution < -0.4 is 14.8 Å². The van der Waals surface area contributed by atoms with Gasteiger partial charge in [-0.1, -0.05) is 48.4 Å². The molecule has 0 aliphatic carbocycles. The minimum Gasteiger partial charge on any atom is -0.486 e. The lowest BCUT2D eigenvalue weighted by Gasteiger charge is -2.35. The average Bonchev–Trinajstić information content (AvgIpc) is 2.71. The smallest absolute Gasteiger partial charge is 0.238 e. The van der Waals surface area contributed by atoms with Crippen LogP contribution in [-0.4, -0.2) is 43.2 Å². The maximum absolute atomic E-state index is 12.7. The Balaban J connectivity index is 1.40. The predicted octanol–water partition coefficient (Wildman–Crippen LogP) is 4.15. The number of nitrogens with zero attached hydrogens (tertiary/aromatic N) is 1. The molecule has 2 aliphatic heterocycles. The van der Waals surface area contributed by atoms with Crippen LogP contribution in [0.3, 0.4) is 0 Å². The monoisotopic (exact) mass is 400 g/mol. The molecule has 1 amide bonds. The van der Waals surface area contributed by atoms with Crippen LogP contribution in [-0.2, 0) is 11.2 Å². The maximum Gasteiger partial charge on any atom is 0.238 e. The zero-order chi connectivity index (χ0) is 19.3. The third-order valence-corrected chi connectivity index (χ3v) is 5.63. The molecule has 0 spiro atoms. The van der Waals surface area contributed by atoms with E-state index in [1.165, 1.54) is 12.0 Å². The molecule has 1 fully saturated rings. The van der Waals surface area contributed by atoms with Crippen LogP contribution in [0.4, 0.5) is 5.69 Å². The Morgan fingerprint density at radius 3 is 2.64 bits per heavy atom. The van der Waals surface area contributed by atoms with Crippen molar-refractivity contribution >= 4 is 23.2 Å². The van der Waals surface area contributed by atoms with Crippen molar-refractivity contribution in [2.45, 2.75) is 31.7 Å². The lowest BCUT2D eigenvalue weighted by atomic mass is 9.95. The number of rotatable bonds is 5. The molecule has 1 unspecified atom stereocenters. The SMILES string of the molecule is O=C(CN1CCCCC1Cc1ccccc1)Nc1cc2c(cc1Cl)OCCO2. The van der Waals surface area contributed by atoms with Gasteiger partial charge in [-0.05, 0) is 31.4 Å². The van der Waals surface area contributed by atoms with Crippen molar-refractivity contribution in [2.75, 3.05) is 31.6 Å². The highest BCUT2D eigenvalue weighted by atomic mass is 35.5. The molecule has 2 aliphatic rings. The molecule has 1 saturated heterocycles. The first kappa shape index (κ1) is 19.1. The average molecular weight is 401 g/mol. The van der Waals surface area contributed by atoms with E-state index >= 15 is 0 Å². The molecule has 1 atom stereocenters. The van der Waals surface area contributed by atoms with E-state index in [4.69, 9.17) is 21.1 Å². The molecule has 4 rings (SSSR count). The van der Waals surface area contributed by atoms with Crippen molar-refractivity contribution in [1.82, 2.24) is 4.90 Å². The summed E-state index contributed by atoms with van der Waals surface area (Å²) in [6, 6.07) is 14.3. The molecule has 2 aromatic carbocycles. The summed E-state index contributed by atoms with van der Waals surface area (Å²) in [5.41, 5.74) is 1.88. The quantitative estimate of drug-likeness (QED) is 0.819. The Hall–Kier alpha value is -2.24. The molecule has 28 heavy (non-hydrogen) atoms. The molecular weight excluding hydrogens is 376 g/mol. The number of hydrogen-bond donors (Lipinski definition) is 1. The second-order valence-corrected chi connectivity index (χ2v) is 7.74. The molecule has 1 N–H and O–H groups in total. The fraction of sp³-hybridized carbons (Fsp3) is 0.409. The van der Waals surface area contributed by atoms with Crippen molar-refractivity contribution in [2.24, 2.45) is 0 Å². The highest BCUT2D eigenvalue weighted by molar-refractivity contribution is 6.34. The van der Waals surface area contributed by atoms with Crippen molar-refractivity contribution < 1.29 is 14.3 Å². The van der Waals surface area contributed by atoms with Crippen LogP contribution in [0.2, 0.25) is 5.02 Å². The number of nitrogens with one attached hydrogen (secondary N) is 1. The van der Waals surface area contributed by atoms with Gasteiger partial charge in [0.2, 0.25) is 5.91 Å². The fourth-order valence-corrected chi connectivity index (χ4v) is 4.12. The minimum absolute atomic E-state index is 0.0569. The minimum atomic E-state index is -0.0569. The van der Waals surface area contributed by atoms with E-state index in [1.807, 2.05) is 6.07 Å². The van der Waals surface area contributed by atoms with Gasteiger partial charge in [-0.25, -0.2) is 0 Å². The number of ether oxygens (including phenoxy) is 2. The van der Waals surface area contributed by atoms with E-state index in [1.54, 1.807) is 12.1 Å². The van der Waals surface area contributed by atoms with Gasteiger partial charge in [-0.2, -0.15) is 0 Å². The topological polar surface area (TPSA) is 50.8 Å². The van der Waals surface area contributed by atoms with Crippen LogP contribution in [0, 0.1) is 0 Å². The predicted molar refractivity (Wildman–Crippen MR) is 110 cm³/mol. The summed E-state index contributed by atoms with van der Waals surface area (Å²) in [6.07, 6.45) is 4.43. The van der Waals surface area contributed by atoms with Gasteiger partial charge in [0.25, 0.3) is 0 Å². The van der Waals surface area contributed by atoms with Crippen LogP contribution in [0.15, 0.2) is 42.5 Å². The lowest BCUT2D eigenvalue weighted by Crippen LogP contribution is -2.45. The van der Waals surface area contributed by atoms with Gasteiger partial charge < -0.3 is 14.8 Å². The van der Waals surface area contributed by atoms with E-state index < -0.39 is 0 Å².